The minimum Gasteiger partial charge on any atom is -0.461 e. The van der Waals surface area contributed by atoms with Crippen LogP contribution >= 0.6 is 12.2 Å². The molecule has 25 heavy (non-hydrogen) atoms. The van der Waals surface area contributed by atoms with E-state index in [-0.39, 0.29) is 5.97 Å². The van der Waals surface area contributed by atoms with Crippen molar-refractivity contribution in [2.75, 3.05) is 13.2 Å². The maximum absolute atomic E-state index is 12.2. The third-order valence-corrected chi connectivity index (χ3v) is 4.69. The molecule has 7 heteroatoms. The molecule has 2 heterocycles. The number of aromatic nitrogens is 2. The van der Waals surface area contributed by atoms with Crippen LogP contribution in [0.25, 0.3) is 0 Å². The summed E-state index contributed by atoms with van der Waals surface area (Å²) in [7, 11) is 1.86. The van der Waals surface area contributed by atoms with Crippen LogP contribution in [0.15, 0.2) is 30.3 Å². The number of carbonyl (C=O) groups excluding carboxylic acids is 1. The van der Waals surface area contributed by atoms with Crippen LogP contribution in [0.5, 0.6) is 0 Å². The van der Waals surface area contributed by atoms with E-state index in [1.165, 1.54) is 5.56 Å². The SMILES string of the molecule is CCOC(=O)c1nn(C)c2c1CN(C(=S)NCc1ccccc1)CC2. The number of fused-ring (bicyclic) bond motifs is 1. The van der Waals surface area contributed by atoms with Gasteiger partial charge in [-0.15, -0.1) is 0 Å². The predicted octanol–water partition coefficient (Wildman–Crippen LogP) is 2.03. The summed E-state index contributed by atoms with van der Waals surface area (Å²) >= 11 is 5.54. The zero-order chi connectivity index (χ0) is 17.8. The van der Waals surface area contributed by atoms with Crippen molar-refractivity contribution in [1.29, 1.82) is 0 Å². The van der Waals surface area contributed by atoms with Gasteiger partial charge in [-0.3, -0.25) is 4.68 Å². The number of aryl methyl sites for hydroxylation is 1. The van der Waals surface area contributed by atoms with Gasteiger partial charge in [-0.1, -0.05) is 30.3 Å². The minimum absolute atomic E-state index is 0.338. The number of nitrogens with one attached hydrogen (secondary N) is 1. The molecule has 0 atom stereocenters. The maximum atomic E-state index is 12.2. The Bertz CT molecular complexity index is 773. The Morgan fingerprint density at radius 1 is 1.36 bits per heavy atom. The lowest BCUT2D eigenvalue weighted by Crippen LogP contribution is -2.42. The molecule has 0 saturated heterocycles. The lowest BCUT2D eigenvalue weighted by Gasteiger charge is -2.30. The average molecular weight is 358 g/mol. The van der Waals surface area contributed by atoms with Crippen LogP contribution in [0.1, 0.15) is 34.2 Å². The number of ether oxygens (including phenoxy) is 1. The predicted molar refractivity (Wildman–Crippen MR) is 99.2 cm³/mol. The smallest absolute Gasteiger partial charge is 0.359 e. The number of hydrogen-bond acceptors (Lipinski definition) is 4. The standard InChI is InChI=1S/C18H22N4O2S/c1-3-24-17(23)16-14-12-22(10-9-15(14)21(2)20-16)18(25)19-11-13-7-5-4-6-8-13/h4-8H,3,9-12H2,1-2H3,(H,19,25). The Labute approximate surface area is 152 Å². The van der Waals surface area contributed by atoms with Crippen LogP contribution in [-0.2, 0) is 31.3 Å². The summed E-state index contributed by atoms with van der Waals surface area (Å²) in [6.45, 7) is 4.18. The van der Waals surface area contributed by atoms with Crippen molar-refractivity contribution in [2.45, 2.75) is 26.4 Å². The molecule has 1 aliphatic rings. The monoisotopic (exact) mass is 358 g/mol. The van der Waals surface area contributed by atoms with Gasteiger partial charge in [0.05, 0.1) is 6.61 Å². The first-order chi connectivity index (χ1) is 12.1. The molecule has 3 rings (SSSR count). The molecule has 1 aromatic carbocycles. The lowest BCUT2D eigenvalue weighted by atomic mass is 10.1. The van der Waals surface area contributed by atoms with E-state index < -0.39 is 0 Å². The molecule has 6 nitrogen and oxygen atoms in total. The number of nitrogens with zero attached hydrogens (tertiary/aromatic N) is 3. The molecule has 0 radical (unpaired) electrons. The van der Waals surface area contributed by atoms with Gasteiger partial charge in [0.25, 0.3) is 0 Å². The first-order valence-electron chi connectivity index (χ1n) is 8.38. The third kappa shape index (κ3) is 3.82. The Kier molecular flexibility index (Phi) is 5.33. The zero-order valence-electron chi connectivity index (χ0n) is 14.5. The fourth-order valence-corrected chi connectivity index (χ4v) is 3.24. The van der Waals surface area contributed by atoms with Gasteiger partial charge in [-0.2, -0.15) is 5.10 Å². The van der Waals surface area contributed by atoms with Crippen LogP contribution in [0.3, 0.4) is 0 Å². The normalized spacial score (nSPS) is 13.3. The van der Waals surface area contributed by atoms with E-state index in [0.29, 0.717) is 30.5 Å². The fraction of sp³-hybridized carbons (Fsp3) is 0.389. The minimum atomic E-state index is -0.371. The molecule has 1 aliphatic heterocycles. The molecular formula is C18H22N4O2S. The van der Waals surface area contributed by atoms with E-state index in [2.05, 4.69) is 27.4 Å². The van der Waals surface area contributed by atoms with Crippen molar-refractivity contribution in [3.05, 3.63) is 52.8 Å². The number of esters is 1. The highest BCUT2D eigenvalue weighted by molar-refractivity contribution is 7.80. The van der Waals surface area contributed by atoms with Crippen molar-refractivity contribution in [3.8, 4) is 0 Å². The Morgan fingerprint density at radius 3 is 2.84 bits per heavy atom. The van der Waals surface area contributed by atoms with Gasteiger partial charge in [0, 0.05) is 44.4 Å². The van der Waals surface area contributed by atoms with Crippen molar-refractivity contribution >= 4 is 23.3 Å². The molecule has 0 unspecified atom stereocenters. The lowest BCUT2D eigenvalue weighted by molar-refractivity contribution is 0.0516. The fourth-order valence-electron chi connectivity index (χ4n) is 3.01. The Balaban J connectivity index is 1.69. The Hall–Kier alpha value is -2.41. The van der Waals surface area contributed by atoms with Crippen LogP contribution in [-0.4, -0.2) is 38.9 Å². The number of hydrogen-bond donors (Lipinski definition) is 1. The summed E-state index contributed by atoms with van der Waals surface area (Å²) in [5, 5.41) is 8.33. The third-order valence-electron chi connectivity index (χ3n) is 4.28. The Morgan fingerprint density at radius 2 is 2.12 bits per heavy atom. The molecule has 132 valence electrons. The van der Waals surface area contributed by atoms with Crippen LogP contribution in [0.2, 0.25) is 0 Å². The summed E-state index contributed by atoms with van der Waals surface area (Å²) < 4.78 is 6.90. The van der Waals surface area contributed by atoms with Gasteiger partial charge in [-0.05, 0) is 24.7 Å². The molecule has 0 aliphatic carbocycles. The molecule has 1 aromatic heterocycles. The van der Waals surface area contributed by atoms with E-state index in [1.807, 2.05) is 25.2 Å². The number of rotatable bonds is 4. The quantitative estimate of drug-likeness (QED) is 0.667. The van der Waals surface area contributed by atoms with Crippen molar-refractivity contribution in [2.24, 2.45) is 7.05 Å². The largest absolute Gasteiger partial charge is 0.461 e. The summed E-state index contributed by atoms with van der Waals surface area (Å²) in [5.74, 6) is -0.371. The maximum Gasteiger partial charge on any atom is 0.359 e. The van der Waals surface area contributed by atoms with Gasteiger partial charge < -0.3 is 15.0 Å². The highest BCUT2D eigenvalue weighted by Crippen LogP contribution is 2.23. The topological polar surface area (TPSA) is 59.4 Å². The van der Waals surface area contributed by atoms with Crippen LogP contribution in [0.4, 0.5) is 0 Å². The molecule has 2 aromatic rings. The summed E-state index contributed by atoms with van der Waals surface area (Å²) in [6, 6.07) is 10.1. The highest BCUT2D eigenvalue weighted by atomic mass is 32.1. The second-order valence-corrected chi connectivity index (χ2v) is 6.32. The van der Waals surface area contributed by atoms with E-state index in [1.54, 1.807) is 11.6 Å². The van der Waals surface area contributed by atoms with Gasteiger partial charge in [0.2, 0.25) is 0 Å². The van der Waals surface area contributed by atoms with Crippen molar-refractivity contribution in [1.82, 2.24) is 20.0 Å². The molecule has 0 spiro atoms. The zero-order valence-corrected chi connectivity index (χ0v) is 15.3. The van der Waals surface area contributed by atoms with Gasteiger partial charge in [0.15, 0.2) is 10.8 Å². The first-order valence-corrected chi connectivity index (χ1v) is 8.79. The molecule has 0 bridgehead atoms. The van der Waals surface area contributed by atoms with Gasteiger partial charge in [-0.25, -0.2) is 4.79 Å². The molecule has 0 saturated carbocycles. The second kappa shape index (κ2) is 7.65. The summed E-state index contributed by atoms with van der Waals surface area (Å²) in [5.41, 5.74) is 3.56. The molecule has 0 fully saturated rings. The van der Waals surface area contributed by atoms with Gasteiger partial charge in [0.1, 0.15) is 0 Å². The number of carbonyl (C=O) groups is 1. The highest BCUT2D eigenvalue weighted by Gasteiger charge is 2.28. The van der Waals surface area contributed by atoms with E-state index in [9.17, 15) is 4.79 Å². The summed E-state index contributed by atoms with van der Waals surface area (Å²) in [4.78, 5) is 14.2. The van der Waals surface area contributed by atoms with Crippen molar-refractivity contribution < 1.29 is 9.53 Å². The molecule has 0 amide bonds. The van der Waals surface area contributed by atoms with Gasteiger partial charge >= 0.3 is 5.97 Å². The number of thiocarbonyl (C=S) groups is 1. The van der Waals surface area contributed by atoms with E-state index >= 15 is 0 Å². The summed E-state index contributed by atoms with van der Waals surface area (Å²) in [6.07, 6.45) is 0.797. The molecule has 1 N–H and O–H groups in total. The second-order valence-electron chi connectivity index (χ2n) is 5.93. The average Bonchev–Trinajstić information content (AvgIpc) is 2.97. The van der Waals surface area contributed by atoms with Crippen molar-refractivity contribution in [3.63, 3.8) is 0 Å². The van der Waals surface area contributed by atoms with Crippen LogP contribution < -0.4 is 5.32 Å². The van der Waals surface area contributed by atoms with E-state index in [4.69, 9.17) is 17.0 Å². The number of benzene rings is 1. The van der Waals surface area contributed by atoms with E-state index in [0.717, 1.165) is 24.2 Å². The first kappa shape index (κ1) is 17.4. The van der Waals surface area contributed by atoms with Crippen LogP contribution in [0, 0.1) is 0 Å². The molecular weight excluding hydrogens is 336 g/mol.